The summed E-state index contributed by atoms with van der Waals surface area (Å²) < 4.78 is 32.7. The summed E-state index contributed by atoms with van der Waals surface area (Å²) >= 11 is 0. The molecule has 0 saturated carbocycles. The number of nitrogens with zero attached hydrogens (tertiary/aromatic N) is 1. The number of sulfonamides is 1. The summed E-state index contributed by atoms with van der Waals surface area (Å²) in [6.45, 7) is 6.52. The second kappa shape index (κ2) is 9.62. The minimum absolute atomic E-state index is 0.152. The van der Waals surface area contributed by atoms with E-state index < -0.39 is 21.9 Å². The second-order valence-corrected chi connectivity index (χ2v) is 9.56. The molecule has 0 bridgehead atoms. The quantitative estimate of drug-likeness (QED) is 0.682. The number of aryl methyl sites for hydroxylation is 2. The van der Waals surface area contributed by atoms with Crippen molar-refractivity contribution in [2.24, 2.45) is 0 Å². The first-order valence-corrected chi connectivity index (χ1v) is 11.9. The van der Waals surface area contributed by atoms with Gasteiger partial charge < -0.3 is 10.1 Å². The van der Waals surface area contributed by atoms with Crippen LogP contribution >= 0.6 is 0 Å². The highest BCUT2D eigenvalue weighted by Gasteiger charge is 2.28. The Morgan fingerprint density at radius 2 is 1.61 bits per heavy atom. The molecule has 0 aromatic heterocycles. The lowest BCUT2D eigenvalue weighted by atomic mass is 10.1. The number of nitrogens with one attached hydrogen (secondary N) is 1. The molecule has 1 heterocycles. The number of ether oxygens (including phenoxy) is 1. The second-order valence-electron chi connectivity index (χ2n) is 7.65. The molecule has 1 N–H and O–H groups in total. The highest BCUT2D eigenvalue weighted by molar-refractivity contribution is 7.89. The fraction of sp³-hybridized carbons (Fsp3) is 0.391. The van der Waals surface area contributed by atoms with E-state index in [9.17, 15) is 18.0 Å². The zero-order chi connectivity index (χ0) is 22.6. The van der Waals surface area contributed by atoms with Gasteiger partial charge in [0, 0.05) is 24.3 Å². The van der Waals surface area contributed by atoms with Gasteiger partial charge in [0.15, 0.2) is 0 Å². The molecule has 0 spiro atoms. The molecule has 1 fully saturated rings. The van der Waals surface area contributed by atoms with E-state index in [1.165, 1.54) is 10.4 Å². The summed E-state index contributed by atoms with van der Waals surface area (Å²) in [7, 11) is -3.66. The van der Waals surface area contributed by atoms with E-state index in [4.69, 9.17) is 4.74 Å². The number of esters is 1. The van der Waals surface area contributed by atoms with E-state index in [2.05, 4.69) is 5.32 Å². The maximum atomic E-state index is 13.1. The number of amides is 1. The maximum Gasteiger partial charge on any atom is 0.338 e. The molecular formula is C23H28N2O5S. The standard InChI is InChI=1S/C23H28N2O5S/c1-4-30-23(27)19-11-8-16(2)20(14-19)24-22(26)18-10-9-17(3)21(15-18)31(28,29)25-12-6-5-7-13-25/h8-11,14-15H,4-7,12-13H2,1-3H3,(H,24,26). The third kappa shape index (κ3) is 5.14. The summed E-state index contributed by atoms with van der Waals surface area (Å²) in [5.41, 5.74) is 2.41. The van der Waals surface area contributed by atoms with Crippen LogP contribution in [0.15, 0.2) is 41.3 Å². The molecule has 0 aliphatic carbocycles. The summed E-state index contributed by atoms with van der Waals surface area (Å²) in [5.74, 6) is -0.914. The van der Waals surface area contributed by atoms with Crippen molar-refractivity contribution in [1.82, 2.24) is 4.31 Å². The molecule has 31 heavy (non-hydrogen) atoms. The highest BCUT2D eigenvalue weighted by Crippen LogP contribution is 2.25. The maximum absolute atomic E-state index is 13.1. The molecule has 1 aliphatic rings. The predicted molar refractivity (Wildman–Crippen MR) is 119 cm³/mol. The Kier molecular flexibility index (Phi) is 7.12. The van der Waals surface area contributed by atoms with Crippen molar-refractivity contribution >= 4 is 27.6 Å². The van der Waals surface area contributed by atoms with Gasteiger partial charge in [0.25, 0.3) is 5.91 Å². The van der Waals surface area contributed by atoms with Crippen molar-refractivity contribution in [2.45, 2.75) is 44.9 Å². The summed E-state index contributed by atoms with van der Waals surface area (Å²) in [5, 5.41) is 2.79. The Hall–Kier alpha value is -2.71. The van der Waals surface area contributed by atoms with Gasteiger partial charge in [0.05, 0.1) is 17.1 Å². The number of anilines is 1. The van der Waals surface area contributed by atoms with E-state index in [-0.39, 0.29) is 17.1 Å². The van der Waals surface area contributed by atoms with Gasteiger partial charge in [0.1, 0.15) is 0 Å². The third-order valence-electron chi connectivity index (χ3n) is 5.38. The van der Waals surface area contributed by atoms with E-state index in [1.54, 1.807) is 44.2 Å². The summed E-state index contributed by atoms with van der Waals surface area (Å²) in [6, 6.07) is 9.60. The number of benzene rings is 2. The van der Waals surface area contributed by atoms with Gasteiger partial charge >= 0.3 is 5.97 Å². The van der Waals surface area contributed by atoms with Gasteiger partial charge in [-0.25, -0.2) is 13.2 Å². The largest absolute Gasteiger partial charge is 0.462 e. The van der Waals surface area contributed by atoms with Crippen LogP contribution in [-0.2, 0) is 14.8 Å². The Morgan fingerprint density at radius 3 is 2.29 bits per heavy atom. The van der Waals surface area contributed by atoms with Crippen molar-refractivity contribution in [3.8, 4) is 0 Å². The molecule has 0 atom stereocenters. The number of piperidine rings is 1. The van der Waals surface area contributed by atoms with Gasteiger partial charge in [0.2, 0.25) is 10.0 Å². The normalized spacial score (nSPS) is 14.8. The average Bonchev–Trinajstić information content (AvgIpc) is 2.76. The van der Waals surface area contributed by atoms with E-state index in [0.717, 1.165) is 24.8 Å². The topological polar surface area (TPSA) is 92.8 Å². The Balaban J connectivity index is 1.87. The van der Waals surface area contributed by atoms with Gasteiger partial charge in [-0.2, -0.15) is 4.31 Å². The van der Waals surface area contributed by atoms with Crippen LogP contribution < -0.4 is 5.32 Å². The number of rotatable bonds is 6. The summed E-state index contributed by atoms with van der Waals surface area (Å²) in [6.07, 6.45) is 2.71. The number of hydrogen-bond acceptors (Lipinski definition) is 5. The zero-order valence-electron chi connectivity index (χ0n) is 18.1. The molecule has 3 rings (SSSR count). The van der Waals surface area contributed by atoms with Crippen molar-refractivity contribution < 1.29 is 22.7 Å². The first-order valence-electron chi connectivity index (χ1n) is 10.4. The summed E-state index contributed by atoms with van der Waals surface area (Å²) in [4.78, 5) is 25.1. The smallest absolute Gasteiger partial charge is 0.338 e. The van der Waals surface area contributed by atoms with Crippen LogP contribution in [-0.4, -0.2) is 44.3 Å². The average molecular weight is 445 g/mol. The lowest BCUT2D eigenvalue weighted by Gasteiger charge is -2.26. The van der Waals surface area contributed by atoms with Crippen LogP contribution in [0.4, 0.5) is 5.69 Å². The minimum atomic E-state index is -3.66. The van der Waals surface area contributed by atoms with E-state index in [0.29, 0.717) is 29.9 Å². The molecule has 1 amide bonds. The lowest BCUT2D eigenvalue weighted by Crippen LogP contribution is -2.36. The van der Waals surface area contributed by atoms with Crippen LogP contribution in [0.1, 0.15) is 58.0 Å². The fourth-order valence-corrected chi connectivity index (χ4v) is 5.32. The van der Waals surface area contributed by atoms with Crippen LogP contribution in [0, 0.1) is 13.8 Å². The van der Waals surface area contributed by atoms with E-state index in [1.807, 2.05) is 6.92 Å². The Labute approximate surface area is 183 Å². The molecule has 0 unspecified atom stereocenters. The Bertz CT molecular complexity index is 1090. The highest BCUT2D eigenvalue weighted by atomic mass is 32.2. The molecule has 2 aromatic rings. The number of carbonyl (C=O) groups is 2. The van der Waals surface area contributed by atoms with Crippen LogP contribution in [0.5, 0.6) is 0 Å². The van der Waals surface area contributed by atoms with Gasteiger partial charge in [-0.05, 0) is 69.0 Å². The van der Waals surface area contributed by atoms with Crippen molar-refractivity contribution in [3.63, 3.8) is 0 Å². The van der Waals surface area contributed by atoms with Crippen LogP contribution in [0.2, 0.25) is 0 Å². The predicted octanol–water partition coefficient (Wildman–Crippen LogP) is 3.91. The molecule has 166 valence electrons. The lowest BCUT2D eigenvalue weighted by molar-refractivity contribution is 0.0526. The first kappa shape index (κ1) is 23.0. The number of carbonyl (C=O) groups excluding carboxylic acids is 2. The van der Waals surface area contributed by atoms with Crippen LogP contribution in [0.25, 0.3) is 0 Å². The van der Waals surface area contributed by atoms with Gasteiger partial charge in [-0.3, -0.25) is 4.79 Å². The molecular weight excluding hydrogens is 416 g/mol. The SMILES string of the molecule is CCOC(=O)c1ccc(C)c(NC(=O)c2ccc(C)c(S(=O)(=O)N3CCCCC3)c2)c1. The fourth-order valence-electron chi connectivity index (χ4n) is 3.56. The van der Waals surface area contributed by atoms with Gasteiger partial charge in [-0.15, -0.1) is 0 Å². The third-order valence-corrected chi connectivity index (χ3v) is 7.42. The van der Waals surface area contributed by atoms with Crippen molar-refractivity contribution in [2.75, 3.05) is 25.0 Å². The van der Waals surface area contributed by atoms with Crippen molar-refractivity contribution in [3.05, 3.63) is 58.7 Å². The molecule has 2 aromatic carbocycles. The van der Waals surface area contributed by atoms with Crippen molar-refractivity contribution in [1.29, 1.82) is 0 Å². The Morgan fingerprint density at radius 1 is 0.968 bits per heavy atom. The molecule has 1 saturated heterocycles. The van der Waals surface area contributed by atoms with Gasteiger partial charge in [-0.1, -0.05) is 18.6 Å². The molecule has 7 nitrogen and oxygen atoms in total. The van der Waals surface area contributed by atoms with Crippen LogP contribution in [0.3, 0.4) is 0 Å². The molecule has 0 radical (unpaired) electrons. The molecule has 8 heteroatoms. The molecule has 1 aliphatic heterocycles. The monoisotopic (exact) mass is 444 g/mol. The first-order chi connectivity index (χ1) is 14.7. The minimum Gasteiger partial charge on any atom is -0.462 e. The number of hydrogen-bond donors (Lipinski definition) is 1. The van der Waals surface area contributed by atoms with E-state index >= 15 is 0 Å². The zero-order valence-corrected chi connectivity index (χ0v) is 18.9.